The Kier molecular flexibility index (Phi) is 13.8. The maximum atomic E-state index is 5.36. The first-order valence-corrected chi connectivity index (χ1v) is 31.7. The van der Waals surface area contributed by atoms with Gasteiger partial charge in [0.2, 0.25) is 0 Å². The molecule has 0 aliphatic heterocycles. The van der Waals surface area contributed by atoms with E-state index in [1.54, 1.807) is 0 Å². The number of hydrogen-bond donors (Lipinski definition) is 0. The van der Waals surface area contributed by atoms with Crippen molar-refractivity contribution in [3.8, 4) is 124 Å². The van der Waals surface area contributed by atoms with Crippen LogP contribution in [0.4, 0.5) is 0 Å². The van der Waals surface area contributed by atoms with E-state index in [0.717, 1.165) is 122 Å². The number of aryl methyl sites for hydroxylation is 2. The van der Waals surface area contributed by atoms with E-state index < -0.39 is 0 Å². The fraction of sp³-hybridized carbons (Fsp3) is 0.0233. The molecule has 0 spiro atoms. The molecule has 0 radical (unpaired) electrons. The minimum absolute atomic E-state index is 0.569. The molecule has 0 unspecified atom stereocenters. The van der Waals surface area contributed by atoms with Crippen LogP contribution >= 0.6 is 0 Å². The molecule has 0 saturated heterocycles. The van der Waals surface area contributed by atoms with E-state index in [9.17, 15) is 0 Å². The van der Waals surface area contributed by atoms with Crippen LogP contribution in [0, 0.1) is 13.8 Å². The van der Waals surface area contributed by atoms with Crippen LogP contribution in [0.3, 0.4) is 0 Å². The van der Waals surface area contributed by atoms with Gasteiger partial charge in [-0.25, -0.2) is 29.9 Å². The van der Waals surface area contributed by atoms with E-state index in [-0.39, 0.29) is 0 Å². The van der Waals surface area contributed by atoms with Crippen molar-refractivity contribution < 1.29 is 0 Å². The standard InChI is InChI=1S/C86H58N8/c1-55-22-19-32-61(48-55)65-42-46-77-73(51-65)69-36-15-17-38-75(69)93(77)79-53-67(40-44-71(79)85-89-81(57-24-7-3-8-25-57)87-82(90-85)58-26-9-4-10-27-58)63-34-21-35-64(50-63)68-41-45-72(86-91-83(59-28-11-5-12-29-59)88-84(92-86)60-30-13-6-14-31-60)80(54-68)94-76-39-18-16-37-70(76)74-52-66(43-47-78(74)94)62-33-20-23-56(2)49-62/h3-54H,1-2H3. The van der Waals surface area contributed by atoms with Crippen LogP contribution in [0.15, 0.2) is 315 Å². The van der Waals surface area contributed by atoms with Crippen molar-refractivity contribution in [1.82, 2.24) is 39.0 Å². The van der Waals surface area contributed by atoms with Gasteiger partial charge in [0.25, 0.3) is 0 Å². The minimum Gasteiger partial charge on any atom is -0.308 e. The average Bonchev–Trinajstić information content (AvgIpc) is 1.56. The van der Waals surface area contributed by atoms with Crippen molar-refractivity contribution in [3.63, 3.8) is 0 Å². The summed E-state index contributed by atoms with van der Waals surface area (Å²) in [5.41, 5.74) is 22.8. The van der Waals surface area contributed by atoms with Crippen LogP contribution in [0.1, 0.15) is 11.1 Å². The smallest absolute Gasteiger partial charge is 0.166 e. The molecule has 0 atom stereocenters. The predicted octanol–water partition coefficient (Wildman–Crippen LogP) is 21.5. The minimum atomic E-state index is 0.569. The highest BCUT2D eigenvalue weighted by atomic mass is 15.1. The van der Waals surface area contributed by atoms with Gasteiger partial charge in [-0.3, -0.25) is 0 Å². The van der Waals surface area contributed by atoms with Gasteiger partial charge < -0.3 is 9.13 Å². The summed E-state index contributed by atoms with van der Waals surface area (Å²) in [5.74, 6) is 3.52. The molecule has 0 saturated carbocycles. The van der Waals surface area contributed by atoms with Gasteiger partial charge in [-0.2, -0.15) is 0 Å². The third kappa shape index (κ3) is 10.2. The highest BCUT2D eigenvalue weighted by Gasteiger charge is 2.24. The lowest BCUT2D eigenvalue weighted by Gasteiger charge is -2.18. The molecule has 0 N–H and O–H groups in total. The lowest BCUT2D eigenvalue weighted by atomic mass is 9.96. The summed E-state index contributed by atoms with van der Waals surface area (Å²) in [6.45, 7) is 4.30. The SMILES string of the molecule is Cc1cccc(-c2ccc3c(c2)c2ccccc2n3-c2cc(-c3cccc(-c4ccc(-c5nc(-c6ccccc6)nc(-c6ccccc6)n5)c(-n5c6ccccc6c6cc(-c7cccc(C)c7)ccc65)c4)c3)ccc2-c2nc(-c3ccccc3)nc(-c3ccccc3)n2)c1. The Morgan fingerprint density at radius 1 is 0.191 bits per heavy atom. The Balaban J connectivity index is 0.874. The summed E-state index contributed by atoms with van der Waals surface area (Å²) in [6, 6.07) is 112. The number of rotatable bonds is 12. The molecular formula is C86H58N8. The lowest BCUT2D eigenvalue weighted by Crippen LogP contribution is -2.04. The Morgan fingerprint density at radius 2 is 0.468 bits per heavy atom. The summed E-state index contributed by atoms with van der Waals surface area (Å²) in [6.07, 6.45) is 0. The van der Waals surface area contributed by atoms with Crippen molar-refractivity contribution >= 4 is 43.6 Å². The lowest BCUT2D eigenvalue weighted by molar-refractivity contribution is 1.06. The van der Waals surface area contributed by atoms with Crippen LogP contribution in [0.25, 0.3) is 168 Å². The molecule has 442 valence electrons. The molecule has 17 aromatic rings. The second-order valence-corrected chi connectivity index (χ2v) is 24.0. The number of nitrogens with zero attached hydrogens (tertiary/aromatic N) is 8. The quantitative estimate of drug-likeness (QED) is 0.121. The van der Waals surface area contributed by atoms with E-state index >= 15 is 0 Å². The van der Waals surface area contributed by atoms with E-state index in [2.05, 4.69) is 266 Å². The van der Waals surface area contributed by atoms with E-state index in [0.29, 0.717) is 34.9 Å². The van der Waals surface area contributed by atoms with Gasteiger partial charge in [-0.1, -0.05) is 260 Å². The molecule has 0 bridgehead atoms. The Bertz CT molecular complexity index is 5290. The second kappa shape index (κ2) is 23.4. The van der Waals surface area contributed by atoms with Crippen molar-refractivity contribution in [2.24, 2.45) is 0 Å². The average molecular weight is 1200 g/mol. The molecule has 0 fully saturated rings. The normalized spacial score (nSPS) is 11.5. The van der Waals surface area contributed by atoms with Crippen molar-refractivity contribution in [2.45, 2.75) is 13.8 Å². The van der Waals surface area contributed by atoms with Gasteiger partial charge in [0.15, 0.2) is 34.9 Å². The number of fused-ring (bicyclic) bond motifs is 6. The Morgan fingerprint density at radius 3 is 0.840 bits per heavy atom. The number of para-hydroxylation sites is 2. The van der Waals surface area contributed by atoms with Crippen LogP contribution in [0.5, 0.6) is 0 Å². The zero-order valence-electron chi connectivity index (χ0n) is 51.6. The topological polar surface area (TPSA) is 87.2 Å². The molecule has 0 aliphatic carbocycles. The largest absolute Gasteiger partial charge is 0.308 e. The molecule has 0 aliphatic rings. The van der Waals surface area contributed by atoms with Gasteiger partial charge >= 0.3 is 0 Å². The summed E-state index contributed by atoms with van der Waals surface area (Å²) >= 11 is 0. The first kappa shape index (κ1) is 55.5. The maximum Gasteiger partial charge on any atom is 0.166 e. The molecule has 0 amide bonds. The van der Waals surface area contributed by atoms with E-state index in [1.807, 2.05) is 72.8 Å². The third-order valence-electron chi connectivity index (χ3n) is 17.9. The zero-order chi connectivity index (χ0) is 62.6. The first-order valence-electron chi connectivity index (χ1n) is 31.7. The first-order chi connectivity index (χ1) is 46.4. The summed E-state index contributed by atoms with van der Waals surface area (Å²) in [5, 5.41) is 4.60. The molecule has 8 nitrogen and oxygen atoms in total. The Hall–Kier alpha value is -12.5. The van der Waals surface area contributed by atoms with Gasteiger partial charge in [0, 0.05) is 54.9 Å². The second-order valence-electron chi connectivity index (χ2n) is 24.0. The summed E-state index contributed by atoms with van der Waals surface area (Å²) in [7, 11) is 0. The van der Waals surface area contributed by atoms with Crippen molar-refractivity contribution in [3.05, 3.63) is 327 Å². The fourth-order valence-corrected chi connectivity index (χ4v) is 13.4. The summed E-state index contributed by atoms with van der Waals surface area (Å²) in [4.78, 5) is 31.7. The molecule has 94 heavy (non-hydrogen) atoms. The molecule has 4 aromatic heterocycles. The van der Waals surface area contributed by atoms with Crippen molar-refractivity contribution in [2.75, 3.05) is 0 Å². The van der Waals surface area contributed by atoms with Crippen LogP contribution in [0.2, 0.25) is 0 Å². The van der Waals surface area contributed by atoms with Gasteiger partial charge in [0.1, 0.15) is 0 Å². The number of benzene rings is 13. The molecule has 13 aromatic carbocycles. The molecule has 4 heterocycles. The zero-order valence-corrected chi connectivity index (χ0v) is 51.6. The Labute approximate surface area is 544 Å². The van der Waals surface area contributed by atoms with E-state index in [4.69, 9.17) is 29.9 Å². The highest BCUT2D eigenvalue weighted by Crippen LogP contribution is 2.43. The summed E-state index contributed by atoms with van der Waals surface area (Å²) < 4.78 is 4.80. The molecular weight excluding hydrogens is 1150 g/mol. The van der Waals surface area contributed by atoms with Crippen LogP contribution in [-0.4, -0.2) is 39.0 Å². The fourth-order valence-electron chi connectivity index (χ4n) is 13.4. The molecule has 17 rings (SSSR count). The van der Waals surface area contributed by atoms with Crippen LogP contribution < -0.4 is 0 Å². The van der Waals surface area contributed by atoms with Gasteiger partial charge in [-0.15, -0.1) is 0 Å². The third-order valence-corrected chi connectivity index (χ3v) is 17.9. The predicted molar refractivity (Wildman–Crippen MR) is 386 cm³/mol. The van der Waals surface area contributed by atoms with Gasteiger partial charge in [0.05, 0.1) is 33.4 Å². The number of hydrogen-bond acceptors (Lipinski definition) is 6. The monoisotopic (exact) mass is 1200 g/mol. The van der Waals surface area contributed by atoms with Gasteiger partial charge in [-0.05, 0) is 125 Å². The van der Waals surface area contributed by atoms with Crippen molar-refractivity contribution in [1.29, 1.82) is 0 Å². The molecule has 8 heteroatoms. The highest BCUT2D eigenvalue weighted by molar-refractivity contribution is 6.12. The maximum absolute atomic E-state index is 5.36. The number of aromatic nitrogens is 8. The van der Waals surface area contributed by atoms with Crippen LogP contribution in [-0.2, 0) is 0 Å². The van der Waals surface area contributed by atoms with E-state index in [1.165, 1.54) is 22.3 Å².